The van der Waals surface area contributed by atoms with E-state index >= 15 is 0 Å². The Morgan fingerprint density at radius 3 is 2.78 bits per heavy atom. The van der Waals surface area contributed by atoms with Gasteiger partial charge < -0.3 is 14.8 Å². The molecular formula is C13H17N3O2. The average Bonchev–Trinajstić information content (AvgIpc) is 2.39. The molecule has 0 atom stereocenters. The Morgan fingerprint density at radius 1 is 1.17 bits per heavy atom. The average molecular weight is 247 g/mol. The lowest BCUT2D eigenvalue weighted by Crippen LogP contribution is -2.08. The van der Waals surface area contributed by atoms with Gasteiger partial charge >= 0.3 is 0 Å². The number of nitrogens with zero attached hydrogens (tertiary/aromatic N) is 2. The number of anilines is 1. The number of ether oxygens (including phenoxy) is 2. The summed E-state index contributed by atoms with van der Waals surface area (Å²) >= 11 is 0. The summed E-state index contributed by atoms with van der Waals surface area (Å²) in [6.07, 6.45) is 0. The monoisotopic (exact) mass is 247 g/mol. The van der Waals surface area contributed by atoms with Gasteiger partial charge in [0.1, 0.15) is 6.61 Å². The van der Waals surface area contributed by atoms with Crippen LogP contribution in [-0.2, 0) is 4.74 Å². The quantitative estimate of drug-likeness (QED) is 0.792. The van der Waals surface area contributed by atoms with E-state index < -0.39 is 0 Å². The molecule has 0 saturated heterocycles. The molecule has 0 fully saturated rings. The number of methoxy groups -OCH3 is 1. The minimum Gasteiger partial charge on any atom is -0.475 e. The second kappa shape index (κ2) is 6.16. The van der Waals surface area contributed by atoms with E-state index in [2.05, 4.69) is 15.3 Å². The van der Waals surface area contributed by atoms with Crippen LogP contribution in [0.5, 0.6) is 5.88 Å². The molecule has 1 N–H and O–H groups in total. The maximum atomic E-state index is 5.63. The Bertz CT molecular complexity index is 517. The first-order valence-corrected chi connectivity index (χ1v) is 5.97. The van der Waals surface area contributed by atoms with Gasteiger partial charge in [-0.1, -0.05) is 12.1 Å². The molecule has 0 aliphatic carbocycles. The first-order chi connectivity index (χ1) is 8.85. The zero-order chi connectivity index (χ0) is 12.8. The van der Waals surface area contributed by atoms with Crippen molar-refractivity contribution >= 4 is 16.9 Å². The second-order valence-corrected chi connectivity index (χ2v) is 3.74. The molecule has 96 valence electrons. The van der Waals surface area contributed by atoms with Crippen LogP contribution in [0.4, 0.5) is 5.95 Å². The third-order valence-corrected chi connectivity index (χ3v) is 2.43. The molecule has 5 heteroatoms. The molecule has 0 aliphatic rings. The first kappa shape index (κ1) is 12.6. The highest BCUT2D eigenvalue weighted by Gasteiger charge is 2.07. The third kappa shape index (κ3) is 2.87. The Kier molecular flexibility index (Phi) is 4.30. The zero-order valence-corrected chi connectivity index (χ0v) is 10.6. The summed E-state index contributed by atoms with van der Waals surface area (Å²) in [5.74, 6) is 1.18. The van der Waals surface area contributed by atoms with Gasteiger partial charge in [0, 0.05) is 13.7 Å². The summed E-state index contributed by atoms with van der Waals surface area (Å²) in [6, 6.07) is 7.79. The van der Waals surface area contributed by atoms with Gasteiger partial charge in [0.25, 0.3) is 0 Å². The first-order valence-electron chi connectivity index (χ1n) is 5.97. The van der Waals surface area contributed by atoms with Crippen molar-refractivity contribution in [1.82, 2.24) is 9.97 Å². The molecule has 0 bridgehead atoms. The van der Waals surface area contributed by atoms with E-state index in [4.69, 9.17) is 9.47 Å². The molecule has 2 rings (SSSR count). The van der Waals surface area contributed by atoms with Crippen molar-refractivity contribution in [3.05, 3.63) is 24.3 Å². The normalized spacial score (nSPS) is 10.6. The zero-order valence-electron chi connectivity index (χ0n) is 10.6. The summed E-state index contributed by atoms with van der Waals surface area (Å²) in [4.78, 5) is 8.78. The second-order valence-electron chi connectivity index (χ2n) is 3.74. The minimum atomic E-state index is 0.475. The highest BCUT2D eigenvalue weighted by atomic mass is 16.5. The summed E-state index contributed by atoms with van der Waals surface area (Å²) < 4.78 is 10.6. The molecule has 1 aromatic carbocycles. The van der Waals surface area contributed by atoms with Gasteiger partial charge in [-0.25, -0.2) is 4.98 Å². The van der Waals surface area contributed by atoms with Gasteiger partial charge in [-0.15, -0.1) is 0 Å². The van der Waals surface area contributed by atoms with E-state index in [1.54, 1.807) is 7.11 Å². The summed E-state index contributed by atoms with van der Waals surface area (Å²) in [7, 11) is 1.64. The summed E-state index contributed by atoms with van der Waals surface area (Å²) in [5, 5.41) is 4.01. The van der Waals surface area contributed by atoms with Crippen LogP contribution >= 0.6 is 0 Å². The van der Waals surface area contributed by atoms with Crippen molar-refractivity contribution in [3.63, 3.8) is 0 Å². The number of rotatable bonds is 6. The Balaban J connectivity index is 2.34. The van der Waals surface area contributed by atoms with Gasteiger partial charge in [0.05, 0.1) is 17.5 Å². The molecule has 0 radical (unpaired) electrons. The van der Waals surface area contributed by atoms with Gasteiger partial charge in [-0.2, -0.15) is 4.98 Å². The highest BCUT2D eigenvalue weighted by molar-refractivity contribution is 5.84. The number of hydrogen-bond acceptors (Lipinski definition) is 5. The highest BCUT2D eigenvalue weighted by Crippen LogP contribution is 2.23. The standard InChI is InChI=1S/C13H17N3O2/c1-3-14-13-15-11-7-5-4-6-10(11)12(16-13)18-9-8-17-2/h4-7H,3,8-9H2,1-2H3,(H,14,15,16). The molecule has 0 amide bonds. The molecular weight excluding hydrogens is 230 g/mol. The van der Waals surface area contributed by atoms with Gasteiger partial charge in [0.15, 0.2) is 0 Å². The maximum Gasteiger partial charge on any atom is 0.226 e. The van der Waals surface area contributed by atoms with Crippen LogP contribution in [0.2, 0.25) is 0 Å². The van der Waals surface area contributed by atoms with Crippen LogP contribution in [0, 0.1) is 0 Å². The molecule has 0 unspecified atom stereocenters. The van der Waals surface area contributed by atoms with Gasteiger partial charge in [0.2, 0.25) is 11.8 Å². The molecule has 1 aromatic heterocycles. The SMILES string of the molecule is CCNc1nc(OCCOC)c2ccccc2n1. The smallest absolute Gasteiger partial charge is 0.226 e. The van der Waals surface area contributed by atoms with Crippen molar-refractivity contribution in [2.75, 3.05) is 32.2 Å². The van der Waals surface area contributed by atoms with Crippen LogP contribution in [-0.4, -0.2) is 36.8 Å². The fraction of sp³-hybridized carbons (Fsp3) is 0.385. The van der Waals surface area contributed by atoms with E-state index in [0.717, 1.165) is 17.4 Å². The number of para-hydroxylation sites is 1. The lowest BCUT2D eigenvalue weighted by atomic mass is 10.2. The van der Waals surface area contributed by atoms with E-state index in [9.17, 15) is 0 Å². The Morgan fingerprint density at radius 2 is 2.00 bits per heavy atom. The minimum absolute atomic E-state index is 0.475. The van der Waals surface area contributed by atoms with Gasteiger partial charge in [-0.3, -0.25) is 0 Å². The van der Waals surface area contributed by atoms with Crippen LogP contribution in [0.15, 0.2) is 24.3 Å². The van der Waals surface area contributed by atoms with Crippen LogP contribution in [0.25, 0.3) is 10.9 Å². The van der Waals surface area contributed by atoms with Crippen molar-refractivity contribution in [3.8, 4) is 5.88 Å². The lowest BCUT2D eigenvalue weighted by Gasteiger charge is -2.10. The van der Waals surface area contributed by atoms with Crippen molar-refractivity contribution < 1.29 is 9.47 Å². The summed E-state index contributed by atoms with van der Waals surface area (Å²) in [5.41, 5.74) is 0.871. The molecule has 1 heterocycles. The fourth-order valence-corrected chi connectivity index (χ4v) is 1.62. The van der Waals surface area contributed by atoms with Crippen molar-refractivity contribution in [2.24, 2.45) is 0 Å². The van der Waals surface area contributed by atoms with Crippen LogP contribution in [0.1, 0.15) is 6.92 Å². The Hall–Kier alpha value is -1.88. The number of hydrogen-bond donors (Lipinski definition) is 1. The number of benzene rings is 1. The maximum absolute atomic E-state index is 5.63. The molecule has 2 aromatic rings. The van der Waals surface area contributed by atoms with Crippen molar-refractivity contribution in [2.45, 2.75) is 6.92 Å². The molecule has 0 saturated carbocycles. The number of fused-ring (bicyclic) bond motifs is 1. The predicted molar refractivity (Wildman–Crippen MR) is 71.1 cm³/mol. The van der Waals surface area contributed by atoms with E-state index in [1.807, 2.05) is 31.2 Å². The van der Waals surface area contributed by atoms with E-state index in [0.29, 0.717) is 25.0 Å². The van der Waals surface area contributed by atoms with Crippen molar-refractivity contribution in [1.29, 1.82) is 0 Å². The van der Waals surface area contributed by atoms with Crippen LogP contribution < -0.4 is 10.1 Å². The third-order valence-electron chi connectivity index (χ3n) is 2.43. The number of nitrogens with one attached hydrogen (secondary N) is 1. The largest absolute Gasteiger partial charge is 0.475 e. The topological polar surface area (TPSA) is 56.3 Å². The van der Waals surface area contributed by atoms with Gasteiger partial charge in [-0.05, 0) is 19.1 Å². The van der Waals surface area contributed by atoms with E-state index in [-0.39, 0.29) is 0 Å². The number of aromatic nitrogens is 2. The Labute approximate surface area is 106 Å². The lowest BCUT2D eigenvalue weighted by molar-refractivity contribution is 0.144. The molecule has 5 nitrogen and oxygen atoms in total. The molecule has 18 heavy (non-hydrogen) atoms. The van der Waals surface area contributed by atoms with Crippen LogP contribution in [0.3, 0.4) is 0 Å². The summed E-state index contributed by atoms with van der Waals surface area (Å²) in [6.45, 7) is 3.79. The van der Waals surface area contributed by atoms with E-state index in [1.165, 1.54) is 0 Å². The fourth-order valence-electron chi connectivity index (χ4n) is 1.62. The predicted octanol–water partition coefficient (Wildman–Crippen LogP) is 2.09. The molecule has 0 aliphatic heterocycles. The molecule has 0 spiro atoms.